The van der Waals surface area contributed by atoms with Crippen LogP contribution in [-0.4, -0.2) is 13.1 Å². The van der Waals surface area contributed by atoms with Gasteiger partial charge in [0.05, 0.1) is 0 Å². The highest BCUT2D eigenvalue weighted by atomic mass is 15.1. The fourth-order valence-corrected chi connectivity index (χ4v) is 2.78. The molecule has 1 heteroatoms. The van der Waals surface area contributed by atoms with Crippen molar-refractivity contribution in [2.75, 3.05) is 18.0 Å². The molecular weight excluding hydrogens is 218 g/mol. The number of hydrogen-bond donors (Lipinski definition) is 0. The van der Waals surface area contributed by atoms with Crippen molar-refractivity contribution in [3.8, 4) is 0 Å². The van der Waals surface area contributed by atoms with Gasteiger partial charge in [0.15, 0.2) is 0 Å². The largest absolute Gasteiger partial charge is 0.372 e. The molecule has 1 nitrogen and oxygen atoms in total. The summed E-state index contributed by atoms with van der Waals surface area (Å²) in [6, 6.07) is 6.93. The Bertz CT molecular complexity index is 360. The van der Waals surface area contributed by atoms with Crippen LogP contribution in [0.4, 0.5) is 5.69 Å². The smallest absolute Gasteiger partial charge is 0.0369 e. The zero-order valence-corrected chi connectivity index (χ0v) is 12.0. The molecule has 1 fully saturated rings. The summed E-state index contributed by atoms with van der Waals surface area (Å²) in [5.41, 5.74) is 4.25. The van der Waals surface area contributed by atoms with E-state index < -0.39 is 0 Å². The Morgan fingerprint density at radius 3 is 1.83 bits per heavy atom. The van der Waals surface area contributed by atoms with Gasteiger partial charge in [0, 0.05) is 18.8 Å². The highest BCUT2D eigenvalue weighted by Crippen LogP contribution is 2.21. The Balaban J connectivity index is 2.04. The monoisotopic (exact) mass is 245 g/mol. The van der Waals surface area contributed by atoms with Crippen LogP contribution in [0.5, 0.6) is 0 Å². The number of hydrogen-bond acceptors (Lipinski definition) is 1. The molecular formula is C17H27N. The summed E-state index contributed by atoms with van der Waals surface area (Å²) in [4.78, 5) is 2.60. The van der Waals surface area contributed by atoms with E-state index in [0.29, 0.717) is 0 Å². The molecule has 0 amide bonds. The molecule has 0 unspecified atom stereocenters. The first kappa shape index (κ1) is 13.5. The van der Waals surface area contributed by atoms with Crippen LogP contribution in [-0.2, 0) is 0 Å². The van der Waals surface area contributed by atoms with Gasteiger partial charge in [0.2, 0.25) is 0 Å². The lowest BCUT2D eigenvalue weighted by atomic mass is 10.1. The minimum atomic E-state index is 1.24. The van der Waals surface area contributed by atoms with Gasteiger partial charge in [-0.1, -0.05) is 38.2 Å². The number of nitrogens with zero attached hydrogens (tertiary/aromatic N) is 1. The summed E-state index contributed by atoms with van der Waals surface area (Å²) >= 11 is 0. The average molecular weight is 245 g/mol. The molecule has 0 saturated carbocycles. The van der Waals surface area contributed by atoms with E-state index in [-0.39, 0.29) is 0 Å². The third-order valence-corrected chi connectivity index (χ3v) is 4.21. The molecule has 1 aromatic rings. The van der Waals surface area contributed by atoms with Crippen molar-refractivity contribution in [3.63, 3.8) is 0 Å². The summed E-state index contributed by atoms with van der Waals surface area (Å²) in [6.45, 7) is 6.90. The molecule has 0 aliphatic carbocycles. The first-order valence-corrected chi connectivity index (χ1v) is 7.59. The third kappa shape index (κ3) is 3.76. The van der Waals surface area contributed by atoms with E-state index in [1.165, 1.54) is 74.8 Å². The van der Waals surface area contributed by atoms with Gasteiger partial charge >= 0.3 is 0 Å². The van der Waals surface area contributed by atoms with Gasteiger partial charge < -0.3 is 4.90 Å². The molecule has 100 valence electrons. The summed E-state index contributed by atoms with van der Waals surface area (Å²) in [5, 5.41) is 0. The van der Waals surface area contributed by atoms with Crippen molar-refractivity contribution in [1.82, 2.24) is 0 Å². The molecule has 1 aromatic carbocycles. The second kappa shape index (κ2) is 6.82. The summed E-state index contributed by atoms with van der Waals surface area (Å²) < 4.78 is 0. The van der Waals surface area contributed by atoms with Crippen molar-refractivity contribution in [2.45, 2.75) is 58.8 Å². The van der Waals surface area contributed by atoms with Crippen molar-refractivity contribution < 1.29 is 0 Å². The summed E-state index contributed by atoms with van der Waals surface area (Å²) in [5.74, 6) is 0. The Labute approximate surface area is 112 Å². The topological polar surface area (TPSA) is 3.24 Å². The highest BCUT2D eigenvalue weighted by Gasteiger charge is 2.08. The van der Waals surface area contributed by atoms with Crippen LogP contribution in [0.15, 0.2) is 18.2 Å². The van der Waals surface area contributed by atoms with Crippen molar-refractivity contribution in [3.05, 3.63) is 29.3 Å². The lowest BCUT2D eigenvalue weighted by molar-refractivity contribution is 0.543. The van der Waals surface area contributed by atoms with Gasteiger partial charge in [0.1, 0.15) is 0 Å². The summed E-state index contributed by atoms with van der Waals surface area (Å²) in [6.07, 6.45) is 9.83. The lowest BCUT2D eigenvalue weighted by Crippen LogP contribution is -2.26. The van der Waals surface area contributed by atoms with E-state index in [1.54, 1.807) is 0 Å². The molecule has 1 heterocycles. The van der Waals surface area contributed by atoms with Crippen molar-refractivity contribution in [2.24, 2.45) is 0 Å². The maximum Gasteiger partial charge on any atom is 0.0369 e. The van der Waals surface area contributed by atoms with Gasteiger partial charge in [-0.05, 0) is 49.9 Å². The first-order chi connectivity index (χ1) is 8.77. The van der Waals surface area contributed by atoms with Crippen LogP contribution in [0.25, 0.3) is 0 Å². The Morgan fingerprint density at radius 2 is 1.28 bits per heavy atom. The van der Waals surface area contributed by atoms with Crippen LogP contribution in [0.2, 0.25) is 0 Å². The minimum absolute atomic E-state index is 1.24. The molecule has 1 saturated heterocycles. The summed E-state index contributed by atoms with van der Waals surface area (Å²) in [7, 11) is 0. The standard InChI is InChI=1S/C17H27N/c1-15-10-11-17(14-16(15)2)18-12-8-6-4-3-5-7-9-13-18/h10-11,14H,3-9,12-13H2,1-2H3. The molecule has 1 aliphatic heterocycles. The predicted octanol–water partition coefficient (Wildman–Crippen LogP) is 4.85. The first-order valence-electron chi connectivity index (χ1n) is 7.59. The zero-order chi connectivity index (χ0) is 12.8. The van der Waals surface area contributed by atoms with Gasteiger partial charge in [-0.25, -0.2) is 0 Å². The SMILES string of the molecule is Cc1ccc(N2CCCCCCCCC2)cc1C. The Hall–Kier alpha value is -0.980. The molecule has 0 atom stereocenters. The number of rotatable bonds is 1. The highest BCUT2D eigenvalue weighted by molar-refractivity contribution is 5.50. The number of anilines is 1. The van der Waals surface area contributed by atoms with Gasteiger partial charge in [-0.15, -0.1) is 0 Å². The van der Waals surface area contributed by atoms with Crippen LogP contribution in [0.1, 0.15) is 56.1 Å². The van der Waals surface area contributed by atoms with E-state index in [1.807, 2.05) is 0 Å². The van der Waals surface area contributed by atoms with Gasteiger partial charge in [0.25, 0.3) is 0 Å². The molecule has 0 bridgehead atoms. The number of aryl methyl sites for hydroxylation is 2. The quantitative estimate of drug-likeness (QED) is 0.683. The second-order valence-corrected chi connectivity index (χ2v) is 5.73. The molecule has 1 aliphatic rings. The fraction of sp³-hybridized carbons (Fsp3) is 0.647. The van der Waals surface area contributed by atoms with Crippen molar-refractivity contribution >= 4 is 5.69 Å². The van der Waals surface area contributed by atoms with Crippen molar-refractivity contribution in [1.29, 1.82) is 0 Å². The molecule has 18 heavy (non-hydrogen) atoms. The minimum Gasteiger partial charge on any atom is -0.372 e. The molecule has 0 aromatic heterocycles. The van der Waals surface area contributed by atoms with Crippen LogP contribution < -0.4 is 4.90 Å². The van der Waals surface area contributed by atoms with E-state index >= 15 is 0 Å². The fourth-order valence-electron chi connectivity index (χ4n) is 2.78. The van der Waals surface area contributed by atoms with E-state index in [4.69, 9.17) is 0 Å². The molecule has 2 rings (SSSR count). The normalized spacial score (nSPS) is 18.7. The third-order valence-electron chi connectivity index (χ3n) is 4.21. The Morgan fingerprint density at radius 1 is 0.722 bits per heavy atom. The second-order valence-electron chi connectivity index (χ2n) is 5.73. The van der Waals surface area contributed by atoms with Crippen LogP contribution >= 0.6 is 0 Å². The maximum atomic E-state index is 2.60. The van der Waals surface area contributed by atoms with Crippen LogP contribution in [0.3, 0.4) is 0 Å². The molecule has 0 spiro atoms. The van der Waals surface area contributed by atoms with E-state index in [0.717, 1.165) is 0 Å². The van der Waals surface area contributed by atoms with Gasteiger partial charge in [-0.3, -0.25) is 0 Å². The number of benzene rings is 1. The zero-order valence-electron chi connectivity index (χ0n) is 12.0. The molecule has 0 N–H and O–H groups in total. The Kier molecular flexibility index (Phi) is 5.10. The van der Waals surface area contributed by atoms with E-state index in [2.05, 4.69) is 36.9 Å². The maximum absolute atomic E-state index is 2.60. The van der Waals surface area contributed by atoms with E-state index in [9.17, 15) is 0 Å². The average Bonchev–Trinajstić information content (AvgIpc) is 2.39. The lowest BCUT2D eigenvalue weighted by Gasteiger charge is -2.26. The van der Waals surface area contributed by atoms with Crippen LogP contribution in [0, 0.1) is 13.8 Å². The molecule has 0 radical (unpaired) electrons. The predicted molar refractivity (Wildman–Crippen MR) is 80.4 cm³/mol. The van der Waals surface area contributed by atoms with Gasteiger partial charge in [-0.2, -0.15) is 0 Å².